The fraction of sp³-hybridized carbons (Fsp3) is 0.190. The number of alkyl halides is 4. The Balaban J connectivity index is 1.72. The molecule has 0 saturated heterocycles. The highest BCUT2D eigenvalue weighted by molar-refractivity contribution is 6.31. The molecule has 9 heteroatoms. The molecule has 0 radical (unpaired) electrons. The number of nitrogens with zero attached hydrogens (tertiary/aromatic N) is 2. The molecule has 1 aromatic carbocycles. The number of benzene rings is 1. The van der Waals surface area contributed by atoms with Crippen molar-refractivity contribution in [1.29, 1.82) is 0 Å². The molecular weight excluding hydrogens is 427 g/mol. The molecule has 0 aliphatic carbocycles. The number of aromatic nitrogens is 2. The van der Waals surface area contributed by atoms with Crippen molar-refractivity contribution in [2.45, 2.75) is 25.2 Å². The third-order valence-electron chi connectivity index (χ3n) is 4.40. The van der Waals surface area contributed by atoms with Crippen LogP contribution < -0.4 is 0 Å². The van der Waals surface area contributed by atoms with Crippen LogP contribution in [0.15, 0.2) is 54.9 Å². The van der Waals surface area contributed by atoms with E-state index in [1.54, 1.807) is 6.07 Å². The number of hydrogen-bond acceptors (Lipinski definition) is 3. The lowest BCUT2D eigenvalue weighted by Gasteiger charge is -2.13. The maximum absolute atomic E-state index is 14.7. The van der Waals surface area contributed by atoms with E-state index in [9.17, 15) is 26.7 Å². The molecule has 0 saturated carbocycles. The molecule has 3 aromatic rings. The summed E-state index contributed by atoms with van der Waals surface area (Å²) in [7, 11) is 0. The predicted molar refractivity (Wildman–Crippen MR) is 101 cm³/mol. The number of carbonyl (C=O) groups is 1. The van der Waals surface area contributed by atoms with Gasteiger partial charge in [-0.05, 0) is 42.3 Å². The van der Waals surface area contributed by atoms with Gasteiger partial charge < -0.3 is 0 Å². The smallest absolute Gasteiger partial charge is 0.294 e. The van der Waals surface area contributed by atoms with E-state index in [1.807, 2.05) is 0 Å². The Morgan fingerprint density at radius 2 is 1.80 bits per heavy atom. The molecule has 0 bridgehead atoms. The third-order valence-corrected chi connectivity index (χ3v) is 4.73. The van der Waals surface area contributed by atoms with Crippen molar-refractivity contribution in [1.82, 2.24) is 9.97 Å². The normalized spacial score (nSPS) is 12.6. The van der Waals surface area contributed by atoms with Crippen LogP contribution in [0, 0.1) is 5.95 Å². The molecule has 0 aliphatic heterocycles. The molecule has 30 heavy (non-hydrogen) atoms. The summed E-state index contributed by atoms with van der Waals surface area (Å²) in [5, 5.41) is 0.0779. The second-order valence-electron chi connectivity index (χ2n) is 6.43. The highest BCUT2D eigenvalue weighted by Crippen LogP contribution is 2.34. The van der Waals surface area contributed by atoms with Gasteiger partial charge in [-0.1, -0.05) is 23.7 Å². The minimum Gasteiger partial charge on any atom is -0.294 e. The van der Waals surface area contributed by atoms with Crippen molar-refractivity contribution in [2.24, 2.45) is 0 Å². The van der Waals surface area contributed by atoms with Crippen LogP contribution in [0.3, 0.4) is 0 Å². The summed E-state index contributed by atoms with van der Waals surface area (Å²) in [4.78, 5) is 19.0. The second-order valence-corrected chi connectivity index (χ2v) is 6.84. The van der Waals surface area contributed by atoms with Crippen LogP contribution in [0.25, 0.3) is 11.1 Å². The van der Waals surface area contributed by atoms with Gasteiger partial charge in [-0.2, -0.15) is 17.6 Å². The minimum absolute atomic E-state index is 0.0779. The maximum Gasteiger partial charge on any atom is 0.434 e. The van der Waals surface area contributed by atoms with Gasteiger partial charge >= 0.3 is 6.18 Å². The lowest BCUT2D eigenvalue weighted by atomic mass is 9.98. The number of pyridine rings is 2. The van der Waals surface area contributed by atoms with Crippen molar-refractivity contribution >= 4 is 17.4 Å². The van der Waals surface area contributed by atoms with Crippen LogP contribution >= 0.6 is 11.6 Å². The first kappa shape index (κ1) is 21.8. The van der Waals surface area contributed by atoms with Crippen molar-refractivity contribution in [3.05, 3.63) is 82.6 Å². The van der Waals surface area contributed by atoms with Crippen molar-refractivity contribution in [3.63, 3.8) is 0 Å². The average Bonchev–Trinajstić information content (AvgIpc) is 2.71. The Kier molecular flexibility index (Phi) is 6.45. The molecule has 0 aliphatic rings. The van der Waals surface area contributed by atoms with Gasteiger partial charge in [-0.15, -0.1) is 0 Å². The number of ketones is 1. The van der Waals surface area contributed by atoms with E-state index in [0.717, 1.165) is 12.3 Å². The van der Waals surface area contributed by atoms with Gasteiger partial charge in [0.25, 0.3) is 0 Å². The number of hydrogen-bond donors (Lipinski definition) is 0. The lowest BCUT2D eigenvalue weighted by Crippen LogP contribution is -2.15. The molecule has 3 rings (SSSR count). The lowest BCUT2D eigenvalue weighted by molar-refractivity contribution is -0.141. The quantitative estimate of drug-likeness (QED) is 0.245. The minimum atomic E-state index is -4.78. The summed E-state index contributed by atoms with van der Waals surface area (Å²) >= 11 is 6.14. The summed E-state index contributed by atoms with van der Waals surface area (Å²) in [6.45, 7) is 0. The summed E-state index contributed by atoms with van der Waals surface area (Å²) in [5.74, 6) is -1.50. The van der Waals surface area contributed by atoms with Crippen molar-refractivity contribution < 1.29 is 26.7 Å². The van der Waals surface area contributed by atoms with Gasteiger partial charge in [-0.3, -0.25) is 9.78 Å². The molecular formula is C21H14ClF5N2O. The Morgan fingerprint density at radius 1 is 1.07 bits per heavy atom. The Morgan fingerprint density at radius 3 is 2.43 bits per heavy atom. The van der Waals surface area contributed by atoms with E-state index in [4.69, 9.17) is 11.6 Å². The van der Waals surface area contributed by atoms with E-state index < -0.39 is 41.8 Å². The second kappa shape index (κ2) is 8.87. The van der Waals surface area contributed by atoms with E-state index in [-0.39, 0.29) is 17.0 Å². The first-order chi connectivity index (χ1) is 14.2. The van der Waals surface area contributed by atoms with Crippen LogP contribution in [0.5, 0.6) is 0 Å². The molecule has 0 spiro atoms. The Bertz CT molecular complexity index is 1050. The number of carbonyl (C=O) groups excluding carboxylic acids is 1. The monoisotopic (exact) mass is 440 g/mol. The average molecular weight is 441 g/mol. The van der Waals surface area contributed by atoms with Gasteiger partial charge in [0.2, 0.25) is 5.95 Å². The van der Waals surface area contributed by atoms with Crippen LogP contribution in [0.1, 0.15) is 40.6 Å². The fourth-order valence-corrected chi connectivity index (χ4v) is 3.21. The van der Waals surface area contributed by atoms with Gasteiger partial charge in [-0.25, -0.2) is 9.37 Å². The van der Waals surface area contributed by atoms with E-state index >= 15 is 0 Å². The van der Waals surface area contributed by atoms with E-state index in [2.05, 4.69) is 9.97 Å². The van der Waals surface area contributed by atoms with Crippen LogP contribution in [-0.4, -0.2) is 15.8 Å². The highest BCUT2D eigenvalue weighted by Gasteiger charge is 2.36. The summed E-state index contributed by atoms with van der Waals surface area (Å²) < 4.78 is 66.6. The van der Waals surface area contributed by atoms with Crippen molar-refractivity contribution in [2.75, 3.05) is 0 Å². The molecule has 1 atom stereocenters. The van der Waals surface area contributed by atoms with E-state index in [0.29, 0.717) is 11.1 Å². The van der Waals surface area contributed by atoms with Gasteiger partial charge in [0.1, 0.15) is 6.17 Å². The van der Waals surface area contributed by atoms with Crippen molar-refractivity contribution in [3.8, 4) is 11.1 Å². The molecule has 3 nitrogen and oxygen atoms in total. The number of Topliss-reactive ketones (excluding diaryl/α,β-unsaturated/α-hetero) is 1. The SMILES string of the molecule is O=C(CCC(F)c1ccc(-c2ccc(F)nc2)cc1Cl)c1cccnc1C(F)(F)F. The molecule has 2 aromatic heterocycles. The molecule has 0 N–H and O–H groups in total. The zero-order chi connectivity index (χ0) is 21.9. The molecule has 0 fully saturated rings. The largest absolute Gasteiger partial charge is 0.434 e. The predicted octanol–water partition coefficient (Wildman–Crippen LogP) is 6.63. The van der Waals surface area contributed by atoms with Crippen LogP contribution in [-0.2, 0) is 6.18 Å². The summed E-state index contributed by atoms with van der Waals surface area (Å²) in [6.07, 6.45) is -4.99. The van der Waals surface area contributed by atoms with Gasteiger partial charge in [0.15, 0.2) is 11.5 Å². The molecule has 0 amide bonds. The zero-order valence-corrected chi connectivity index (χ0v) is 16.0. The van der Waals surface area contributed by atoms with Gasteiger partial charge in [0, 0.05) is 40.5 Å². The topological polar surface area (TPSA) is 42.9 Å². The summed E-state index contributed by atoms with van der Waals surface area (Å²) in [5.41, 5.74) is -0.620. The zero-order valence-electron chi connectivity index (χ0n) is 15.3. The summed E-state index contributed by atoms with van der Waals surface area (Å²) in [6, 6.07) is 9.36. The highest BCUT2D eigenvalue weighted by atomic mass is 35.5. The van der Waals surface area contributed by atoms with Crippen LogP contribution in [0.2, 0.25) is 5.02 Å². The number of halogens is 6. The number of rotatable bonds is 6. The fourth-order valence-electron chi connectivity index (χ4n) is 2.91. The molecule has 2 heterocycles. The Labute approximate surface area is 173 Å². The first-order valence-electron chi connectivity index (χ1n) is 8.77. The van der Waals surface area contributed by atoms with Gasteiger partial charge in [0.05, 0.1) is 0 Å². The van der Waals surface area contributed by atoms with E-state index in [1.165, 1.54) is 36.5 Å². The molecule has 156 valence electrons. The van der Waals surface area contributed by atoms with Crippen LogP contribution in [0.4, 0.5) is 22.0 Å². The maximum atomic E-state index is 14.7. The third kappa shape index (κ3) is 4.99. The first-order valence-corrected chi connectivity index (χ1v) is 9.15. The standard InChI is InChI=1S/C21H14ClF5N2O/c22-16-10-12(13-4-8-19(24)29-11-13)3-5-14(16)17(23)6-7-18(30)15-2-1-9-28-20(15)21(25,26)27/h1-5,8-11,17H,6-7H2. The Hall–Kier alpha value is -2.87. The molecule has 1 unspecified atom stereocenters.